The molecule has 0 aliphatic rings. The molecular weight excluding hydrogens is 1510 g/mol. The molecule has 0 bridgehead atoms. The third-order valence-corrected chi connectivity index (χ3v) is 16.8. The van der Waals surface area contributed by atoms with Gasteiger partial charge in [0.1, 0.15) is 59.1 Å². The molecule has 0 aliphatic carbocycles. The summed E-state index contributed by atoms with van der Waals surface area (Å²) >= 11 is 0. The Balaban J connectivity index is 0.555. The van der Waals surface area contributed by atoms with Gasteiger partial charge in [-0.2, -0.15) is 10.2 Å². The average Bonchev–Trinajstić information content (AvgIpc) is 0.813. The van der Waals surface area contributed by atoms with Crippen LogP contribution < -0.4 is 56.8 Å². The number of ether oxygens (including phenoxy) is 21. The van der Waals surface area contributed by atoms with E-state index in [9.17, 15) is 19.2 Å². The first-order valence-electron chi connectivity index (χ1n) is 39.0. The Morgan fingerprint density at radius 1 is 0.231 bits per heavy atom. The second-order valence-electron chi connectivity index (χ2n) is 25.4. The molecule has 8 aromatic rings. The van der Waals surface area contributed by atoms with E-state index >= 15 is 0 Å². The fourth-order valence-corrected chi connectivity index (χ4v) is 10.7. The number of hydrogen-bond acceptors (Lipinski definition) is 29. The van der Waals surface area contributed by atoms with Crippen molar-refractivity contribution in [3.05, 3.63) is 192 Å². The Bertz CT molecular complexity index is 3960. The molecule has 0 saturated carbocycles. The zero-order valence-electron chi connectivity index (χ0n) is 67.4. The lowest BCUT2D eigenvalue weighted by molar-refractivity contribution is -0.0257. The first kappa shape index (κ1) is 91.4. The highest BCUT2D eigenvalue weighted by atomic mass is 16.6. The summed E-state index contributed by atoms with van der Waals surface area (Å²) < 4.78 is 118. The summed E-state index contributed by atoms with van der Waals surface area (Å²) in [5, 5.41) is 17.3. The van der Waals surface area contributed by atoms with E-state index in [2.05, 4.69) is 34.3 Å². The van der Waals surface area contributed by atoms with Crippen LogP contribution in [0.1, 0.15) is 107 Å². The Labute approximate surface area is 682 Å². The molecule has 117 heavy (non-hydrogen) atoms. The van der Waals surface area contributed by atoms with Crippen LogP contribution in [-0.4, -0.2) is 198 Å². The molecule has 0 heterocycles. The second-order valence-corrected chi connectivity index (χ2v) is 25.4. The number of esters is 4. The predicted octanol–water partition coefficient (Wildman–Crippen LogP) is 17.0. The normalized spacial score (nSPS) is 11.2. The van der Waals surface area contributed by atoms with Crippen LogP contribution in [0, 0.1) is 0 Å². The molecule has 8 rings (SSSR count). The van der Waals surface area contributed by atoms with Crippen molar-refractivity contribution in [2.24, 2.45) is 20.5 Å². The van der Waals surface area contributed by atoms with Crippen molar-refractivity contribution < 1.29 is 119 Å². The number of carbonyl (C=O) groups is 4. The molecule has 0 N–H and O–H groups in total. The minimum Gasteiger partial charge on any atom is -0.494 e. The molecule has 8 aromatic carbocycles. The summed E-state index contributed by atoms with van der Waals surface area (Å²) in [6, 6.07) is 46.1. The number of nitrogens with zero attached hydrogens (tertiary/aromatic N) is 4. The van der Waals surface area contributed by atoms with E-state index < -0.39 is 23.9 Å². The molecule has 0 spiro atoms. The van der Waals surface area contributed by atoms with E-state index in [-0.39, 0.29) is 58.8 Å². The lowest BCUT2D eigenvalue weighted by atomic mass is 10.2. The van der Waals surface area contributed by atoms with Gasteiger partial charge in [-0.05, 0) is 183 Å². The standard InChI is InChI=1S/C88H106N4O25/c1-7-9-11-13-43-110-71-27-15-65(16-28-71)85(93)114-75-35-23-69(24-36-75)89-91-77-39-41-79(83(99-5)81(77)97-3)116-87(95)67-19-31-73(32-20-67)112-63-61-108-59-57-106-55-53-104-51-49-102-47-45-101-46-48-103-50-52-105-54-56-107-58-60-109-62-64-113-74-33-21-68(22-34-74)88(96)117-80-42-40-78(82(98-4)84(80)100-6)92-90-70-25-37-76(38-26-70)115-86(94)66-17-29-72(30-18-66)111-44-14-12-10-8-2/h15-42H,7-14,43-64H2,1-6H3. The molecular formula is C88H106N4O25. The summed E-state index contributed by atoms with van der Waals surface area (Å²) in [5.41, 5.74) is 2.93. The van der Waals surface area contributed by atoms with Gasteiger partial charge in [-0.15, -0.1) is 10.2 Å². The van der Waals surface area contributed by atoms with Crippen molar-refractivity contribution in [1.29, 1.82) is 0 Å². The maximum Gasteiger partial charge on any atom is 0.343 e. The predicted molar refractivity (Wildman–Crippen MR) is 434 cm³/mol. The quantitative estimate of drug-likeness (QED) is 0.0148. The Morgan fingerprint density at radius 2 is 0.470 bits per heavy atom. The van der Waals surface area contributed by atoms with Gasteiger partial charge in [0, 0.05) is 0 Å². The molecule has 0 aromatic heterocycles. The smallest absolute Gasteiger partial charge is 0.343 e. The molecule has 0 aliphatic heterocycles. The highest BCUT2D eigenvalue weighted by Gasteiger charge is 2.23. The Morgan fingerprint density at radius 3 is 0.726 bits per heavy atom. The van der Waals surface area contributed by atoms with Crippen molar-refractivity contribution in [3.63, 3.8) is 0 Å². The van der Waals surface area contributed by atoms with E-state index in [1.165, 1.54) is 53.4 Å². The van der Waals surface area contributed by atoms with Gasteiger partial charge in [0.05, 0.1) is 194 Å². The van der Waals surface area contributed by atoms with Crippen molar-refractivity contribution in [2.45, 2.75) is 65.2 Å². The first-order valence-corrected chi connectivity index (χ1v) is 39.0. The van der Waals surface area contributed by atoms with Gasteiger partial charge >= 0.3 is 23.9 Å². The van der Waals surface area contributed by atoms with E-state index in [1.54, 1.807) is 158 Å². The van der Waals surface area contributed by atoms with E-state index in [4.69, 9.17) is 99.5 Å². The van der Waals surface area contributed by atoms with Crippen LogP contribution in [0.2, 0.25) is 0 Å². The molecule has 0 radical (unpaired) electrons. The third-order valence-electron chi connectivity index (χ3n) is 16.8. The number of methoxy groups -OCH3 is 4. The van der Waals surface area contributed by atoms with Crippen LogP contribution in [0.4, 0.5) is 22.7 Å². The monoisotopic (exact) mass is 1620 g/mol. The Kier molecular flexibility index (Phi) is 42.7. The topological polar surface area (TPSA) is 312 Å². The zero-order valence-corrected chi connectivity index (χ0v) is 67.4. The van der Waals surface area contributed by atoms with Crippen molar-refractivity contribution >= 4 is 46.6 Å². The number of azo groups is 2. The van der Waals surface area contributed by atoms with Crippen molar-refractivity contribution in [3.8, 4) is 69.0 Å². The minimum absolute atomic E-state index is 0.113. The van der Waals surface area contributed by atoms with Crippen LogP contribution in [0.3, 0.4) is 0 Å². The summed E-state index contributed by atoms with van der Waals surface area (Å²) in [7, 11) is 5.72. The van der Waals surface area contributed by atoms with Crippen molar-refractivity contribution in [1.82, 2.24) is 0 Å². The summed E-state index contributed by atoms with van der Waals surface area (Å²) in [6.45, 7) is 13.4. The average molecular weight is 1620 g/mol. The number of hydrogen-bond donors (Lipinski definition) is 0. The first-order chi connectivity index (χ1) is 57.5. The largest absolute Gasteiger partial charge is 0.494 e. The molecule has 0 atom stereocenters. The van der Waals surface area contributed by atoms with Gasteiger partial charge in [-0.3, -0.25) is 0 Å². The third kappa shape index (κ3) is 33.9. The number of benzene rings is 8. The van der Waals surface area contributed by atoms with Gasteiger partial charge in [-0.1, -0.05) is 52.4 Å². The Hall–Kier alpha value is -11.1. The van der Waals surface area contributed by atoms with Crippen LogP contribution in [0.15, 0.2) is 190 Å². The van der Waals surface area contributed by atoms with Crippen LogP contribution in [0.25, 0.3) is 0 Å². The molecule has 29 heteroatoms. The molecule has 628 valence electrons. The lowest BCUT2D eigenvalue weighted by Crippen LogP contribution is -2.15. The van der Waals surface area contributed by atoms with Gasteiger partial charge in [0.15, 0.2) is 23.0 Å². The molecule has 29 nitrogen and oxygen atoms in total. The highest BCUT2D eigenvalue weighted by Crippen LogP contribution is 2.46. The van der Waals surface area contributed by atoms with E-state index in [1.807, 2.05) is 0 Å². The zero-order chi connectivity index (χ0) is 82.5. The molecule has 0 saturated heterocycles. The fourth-order valence-electron chi connectivity index (χ4n) is 10.7. The van der Waals surface area contributed by atoms with Gasteiger partial charge < -0.3 is 99.5 Å². The van der Waals surface area contributed by atoms with E-state index in [0.717, 1.165) is 38.5 Å². The number of carbonyl (C=O) groups excluding carboxylic acids is 4. The lowest BCUT2D eigenvalue weighted by Gasteiger charge is -2.14. The fraction of sp³-hybridized carbons (Fsp3) is 0.409. The maximum atomic E-state index is 13.2. The molecule has 0 amide bonds. The molecule has 0 fully saturated rings. The van der Waals surface area contributed by atoms with Crippen LogP contribution in [-0.2, 0) is 42.6 Å². The van der Waals surface area contributed by atoms with Crippen LogP contribution in [0.5, 0.6) is 69.0 Å². The summed E-state index contributed by atoms with van der Waals surface area (Å²) in [5.74, 6) is 1.80. The van der Waals surface area contributed by atoms with Gasteiger partial charge in [0.25, 0.3) is 0 Å². The van der Waals surface area contributed by atoms with Crippen LogP contribution >= 0.6 is 0 Å². The summed E-state index contributed by atoms with van der Waals surface area (Å²) in [4.78, 5) is 52.0. The second kappa shape index (κ2) is 54.7. The maximum absolute atomic E-state index is 13.2. The van der Waals surface area contributed by atoms with E-state index in [0.29, 0.717) is 201 Å². The number of rotatable bonds is 60. The van der Waals surface area contributed by atoms with Crippen molar-refractivity contribution in [2.75, 3.05) is 174 Å². The minimum atomic E-state index is -0.631. The van der Waals surface area contributed by atoms with Gasteiger partial charge in [-0.25, -0.2) is 19.2 Å². The summed E-state index contributed by atoms with van der Waals surface area (Å²) in [6.07, 6.45) is 8.90. The molecule has 0 unspecified atom stereocenters. The highest BCUT2D eigenvalue weighted by molar-refractivity contribution is 5.93. The number of unbranched alkanes of at least 4 members (excludes halogenated alkanes) is 6. The SMILES string of the molecule is CCCCCCOc1ccc(C(=O)Oc2ccc(N=Nc3ccc(OC(=O)c4ccc(OCCOCCOCCOCCOCCOCCOCCOCCOCCOCCOc5ccc(C(=O)Oc6ccc(N=Nc7ccc(OC(=O)c8ccc(OCCCCCC)cc8)cc7)c(OC)c6OC)cc5)cc4)c(OC)c3OC)cc2)cc1. The van der Waals surface area contributed by atoms with Gasteiger partial charge in [0.2, 0.25) is 11.5 Å².